The molecule has 0 radical (unpaired) electrons. The van der Waals surface area contributed by atoms with Crippen molar-refractivity contribution >= 4 is 16.9 Å². The highest BCUT2D eigenvalue weighted by Gasteiger charge is 2.07. The van der Waals surface area contributed by atoms with Crippen LogP contribution in [-0.4, -0.2) is 15.1 Å². The highest BCUT2D eigenvalue weighted by molar-refractivity contribution is 5.82. The van der Waals surface area contributed by atoms with Crippen LogP contribution in [0.2, 0.25) is 0 Å². The molecule has 5 heteroatoms. The quantitative estimate of drug-likeness (QED) is 0.591. The lowest BCUT2D eigenvalue weighted by Gasteiger charge is -1.88. The Morgan fingerprint density at radius 3 is 3.00 bits per heavy atom. The number of fused-ring (bicyclic) bond motifs is 1. The van der Waals surface area contributed by atoms with E-state index < -0.39 is 0 Å². The third-order valence-electron chi connectivity index (χ3n) is 1.45. The zero-order valence-electron chi connectivity index (χ0n) is 5.90. The van der Waals surface area contributed by atoms with Gasteiger partial charge in [-0.25, -0.2) is 9.97 Å². The Bertz CT molecular complexity index is 394. The molecule has 0 aliphatic carbocycles. The van der Waals surface area contributed by atoms with Crippen molar-refractivity contribution in [3.05, 3.63) is 12.0 Å². The first-order chi connectivity index (χ1) is 5.29. The number of nitrogens with zero attached hydrogens (tertiary/aromatic N) is 3. The van der Waals surface area contributed by atoms with Gasteiger partial charge in [0, 0.05) is 0 Å². The average Bonchev–Trinajstić information content (AvgIpc) is 2.35. The van der Waals surface area contributed by atoms with Crippen LogP contribution in [0.15, 0.2) is 10.9 Å². The average molecular weight is 150 g/mol. The van der Waals surface area contributed by atoms with E-state index in [0.717, 1.165) is 5.69 Å². The third kappa shape index (κ3) is 0.739. The summed E-state index contributed by atoms with van der Waals surface area (Å²) in [6, 6.07) is 0. The summed E-state index contributed by atoms with van der Waals surface area (Å²) in [6.45, 7) is 1.80. The number of rotatable bonds is 0. The van der Waals surface area contributed by atoms with E-state index in [1.54, 1.807) is 6.92 Å². The topological polar surface area (TPSA) is 77.8 Å². The molecule has 0 fully saturated rings. The Labute approximate surface area is 62.2 Å². The minimum absolute atomic E-state index is 0.329. The second-order valence-electron chi connectivity index (χ2n) is 2.20. The summed E-state index contributed by atoms with van der Waals surface area (Å²) in [7, 11) is 0. The molecule has 5 nitrogen and oxygen atoms in total. The van der Waals surface area contributed by atoms with Crippen LogP contribution in [0.4, 0.5) is 5.82 Å². The molecule has 0 bridgehead atoms. The minimum Gasteiger partial charge on any atom is -0.380 e. The van der Waals surface area contributed by atoms with Crippen molar-refractivity contribution in [1.29, 1.82) is 0 Å². The SMILES string of the molecule is Cc1noc2c(N)ncnc12. The fourth-order valence-corrected chi connectivity index (χ4v) is 0.892. The molecule has 2 aromatic heterocycles. The monoisotopic (exact) mass is 150 g/mol. The molecule has 0 atom stereocenters. The van der Waals surface area contributed by atoms with E-state index in [1.807, 2.05) is 0 Å². The number of aryl methyl sites for hydroxylation is 1. The highest BCUT2D eigenvalue weighted by Crippen LogP contribution is 2.17. The molecule has 0 aliphatic rings. The first kappa shape index (κ1) is 6.09. The molecule has 56 valence electrons. The minimum atomic E-state index is 0.329. The molecule has 2 aromatic rings. The van der Waals surface area contributed by atoms with Crippen molar-refractivity contribution in [1.82, 2.24) is 15.1 Å². The van der Waals surface area contributed by atoms with E-state index in [2.05, 4.69) is 15.1 Å². The van der Waals surface area contributed by atoms with Crippen LogP contribution in [0.5, 0.6) is 0 Å². The smallest absolute Gasteiger partial charge is 0.227 e. The first-order valence-electron chi connectivity index (χ1n) is 3.11. The summed E-state index contributed by atoms with van der Waals surface area (Å²) in [4.78, 5) is 7.71. The predicted octanol–water partition coefficient (Wildman–Crippen LogP) is 0.508. The van der Waals surface area contributed by atoms with Gasteiger partial charge >= 0.3 is 0 Å². The second kappa shape index (κ2) is 1.91. The molecule has 0 saturated carbocycles. The van der Waals surface area contributed by atoms with Crippen LogP contribution in [-0.2, 0) is 0 Å². The molecule has 2 N–H and O–H groups in total. The van der Waals surface area contributed by atoms with E-state index in [9.17, 15) is 0 Å². The Kier molecular flexibility index (Phi) is 1.06. The zero-order chi connectivity index (χ0) is 7.84. The Balaban J connectivity index is 2.94. The zero-order valence-corrected chi connectivity index (χ0v) is 5.90. The van der Waals surface area contributed by atoms with Crippen molar-refractivity contribution in [2.45, 2.75) is 6.92 Å². The predicted molar refractivity (Wildman–Crippen MR) is 38.7 cm³/mol. The molecule has 0 unspecified atom stereocenters. The summed E-state index contributed by atoms with van der Waals surface area (Å²) in [5.41, 5.74) is 7.36. The molecule has 0 aliphatic heterocycles. The number of nitrogen functional groups attached to an aromatic ring is 1. The van der Waals surface area contributed by atoms with Gasteiger partial charge in [0.2, 0.25) is 5.58 Å². The maximum absolute atomic E-state index is 5.48. The van der Waals surface area contributed by atoms with Crippen LogP contribution < -0.4 is 5.73 Å². The maximum Gasteiger partial charge on any atom is 0.227 e. The van der Waals surface area contributed by atoms with Crippen molar-refractivity contribution in [3.8, 4) is 0 Å². The lowest BCUT2D eigenvalue weighted by molar-refractivity contribution is 0.450. The van der Waals surface area contributed by atoms with Gasteiger partial charge < -0.3 is 10.3 Å². The van der Waals surface area contributed by atoms with E-state index in [0.29, 0.717) is 16.9 Å². The van der Waals surface area contributed by atoms with Gasteiger partial charge in [0.25, 0.3) is 0 Å². The molecule has 0 aromatic carbocycles. The molecule has 0 saturated heterocycles. The van der Waals surface area contributed by atoms with Gasteiger partial charge in [-0.15, -0.1) is 0 Å². The van der Waals surface area contributed by atoms with Crippen LogP contribution >= 0.6 is 0 Å². The Morgan fingerprint density at radius 2 is 2.27 bits per heavy atom. The largest absolute Gasteiger partial charge is 0.380 e. The van der Waals surface area contributed by atoms with Crippen molar-refractivity contribution in [2.24, 2.45) is 0 Å². The van der Waals surface area contributed by atoms with Crippen molar-refractivity contribution in [3.63, 3.8) is 0 Å². The van der Waals surface area contributed by atoms with E-state index in [4.69, 9.17) is 10.3 Å². The molecule has 0 spiro atoms. The van der Waals surface area contributed by atoms with Gasteiger partial charge in [0.05, 0.1) is 0 Å². The van der Waals surface area contributed by atoms with Gasteiger partial charge in [-0.05, 0) is 6.92 Å². The lowest BCUT2D eigenvalue weighted by Crippen LogP contribution is -1.90. The molecular formula is C6H6N4O. The van der Waals surface area contributed by atoms with Crippen molar-refractivity contribution < 1.29 is 4.52 Å². The fraction of sp³-hybridized carbons (Fsp3) is 0.167. The Morgan fingerprint density at radius 1 is 1.45 bits per heavy atom. The van der Waals surface area contributed by atoms with Gasteiger partial charge in [0.1, 0.15) is 17.5 Å². The summed E-state index contributed by atoms with van der Waals surface area (Å²) in [5, 5.41) is 3.70. The summed E-state index contributed by atoms with van der Waals surface area (Å²) >= 11 is 0. The summed E-state index contributed by atoms with van der Waals surface area (Å²) in [6.07, 6.45) is 1.39. The molecule has 2 rings (SSSR count). The standard InChI is InChI=1S/C6H6N4O/c1-3-4-5(11-10-3)6(7)9-2-8-4/h2H,1H3,(H2,7,8,9). The van der Waals surface area contributed by atoms with Crippen molar-refractivity contribution in [2.75, 3.05) is 5.73 Å². The first-order valence-corrected chi connectivity index (χ1v) is 3.11. The normalized spacial score (nSPS) is 10.6. The Hall–Kier alpha value is -1.65. The molecule has 11 heavy (non-hydrogen) atoms. The van der Waals surface area contributed by atoms with Crippen LogP contribution in [0.25, 0.3) is 11.1 Å². The summed E-state index contributed by atoms with van der Waals surface area (Å²) < 4.78 is 4.88. The van der Waals surface area contributed by atoms with E-state index >= 15 is 0 Å². The number of aromatic nitrogens is 3. The van der Waals surface area contributed by atoms with E-state index in [-0.39, 0.29) is 0 Å². The number of hydrogen-bond acceptors (Lipinski definition) is 5. The van der Waals surface area contributed by atoms with Crippen LogP contribution in [0.1, 0.15) is 5.69 Å². The van der Waals surface area contributed by atoms with Gasteiger partial charge in [-0.2, -0.15) is 0 Å². The number of hydrogen-bond donors (Lipinski definition) is 1. The highest BCUT2D eigenvalue weighted by atomic mass is 16.5. The summed E-state index contributed by atoms with van der Waals surface area (Å²) in [5.74, 6) is 0.329. The van der Waals surface area contributed by atoms with Gasteiger partial charge in [0.15, 0.2) is 5.82 Å². The third-order valence-corrected chi connectivity index (χ3v) is 1.45. The van der Waals surface area contributed by atoms with Gasteiger partial charge in [-0.1, -0.05) is 5.16 Å². The second-order valence-corrected chi connectivity index (χ2v) is 2.20. The maximum atomic E-state index is 5.48. The van der Waals surface area contributed by atoms with E-state index in [1.165, 1.54) is 6.33 Å². The molecule has 0 amide bonds. The number of anilines is 1. The van der Waals surface area contributed by atoms with Gasteiger partial charge in [-0.3, -0.25) is 0 Å². The number of nitrogens with two attached hydrogens (primary N) is 1. The molecule has 2 heterocycles. The van der Waals surface area contributed by atoms with Crippen LogP contribution in [0.3, 0.4) is 0 Å². The molecular weight excluding hydrogens is 144 g/mol. The lowest BCUT2D eigenvalue weighted by atomic mass is 10.4. The van der Waals surface area contributed by atoms with Crippen LogP contribution in [0, 0.1) is 6.92 Å². The fourth-order valence-electron chi connectivity index (χ4n) is 0.892.